The van der Waals surface area contributed by atoms with Crippen molar-refractivity contribution in [3.8, 4) is 11.6 Å². The lowest BCUT2D eigenvalue weighted by molar-refractivity contribution is 0.0418. The van der Waals surface area contributed by atoms with Gasteiger partial charge in [0.25, 0.3) is 5.56 Å². The van der Waals surface area contributed by atoms with E-state index in [0.717, 1.165) is 12.8 Å². The van der Waals surface area contributed by atoms with Gasteiger partial charge < -0.3 is 29.4 Å². The SMILES string of the molecule is CNCC1CN(c2c(F)cc3c(=O)c4c(O)[nH]c(=O)cc4n(C4CC4)c3c2OC)CCO1. The minimum atomic E-state index is -0.581. The Morgan fingerprint density at radius 2 is 2.12 bits per heavy atom. The van der Waals surface area contributed by atoms with Crippen LogP contribution in [0.5, 0.6) is 11.6 Å². The van der Waals surface area contributed by atoms with E-state index in [4.69, 9.17) is 9.47 Å². The second-order valence-corrected chi connectivity index (χ2v) is 8.31. The minimum Gasteiger partial charge on any atom is -0.494 e. The van der Waals surface area contributed by atoms with E-state index in [9.17, 15) is 14.7 Å². The number of rotatable bonds is 5. The van der Waals surface area contributed by atoms with Crippen molar-refractivity contribution in [2.75, 3.05) is 45.3 Å². The highest BCUT2D eigenvalue weighted by Gasteiger charge is 2.33. The highest BCUT2D eigenvalue weighted by atomic mass is 19.1. The first kappa shape index (κ1) is 20.8. The first-order chi connectivity index (χ1) is 15.4. The predicted molar refractivity (Wildman–Crippen MR) is 119 cm³/mol. The van der Waals surface area contributed by atoms with Crippen molar-refractivity contribution in [3.05, 3.63) is 38.5 Å². The number of hydrogen-bond donors (Lipinski definition) is 3. The van der Waals surface area contributed by atoms with Gasteiger partial charge in [0.1, 0.15) is 11.1 Å². The first-order valence-electron chi connectivity index (χ1n) is 10.7. The monoisotopic (exact) mass is 444 g/mol. The molecular formula is C22H25FN4O5. The van der Waals surface area contributed by atoms with Crippen LogP contribution in [0.1, 0.15) is 18.9 Å². The average Bonchev–Trinajstić information content (AvgIpc) is 3.58. The highest BCUT2D eigenvalue weighted by Crippen LogP contribution is 2.45. The number of aromatic amines is 1. The number of hydrogen-bond acceptors (Lipinski definition) is 7. The Hall–Kier alpha value is -3.11. The van der Waals surface area contributed by atoms with Crippen LogP contribution in [0.3, 0.4) is 0 Å². The molecule has 1 saturated carbocycles. The summed E-state index contributed by atoms with van der Waals surface area (Å²) in [5.74, 6) is -0.849. The van der Waals surface area contributed by atoms with E-state index in [1.165, 1.54) is 19.2 Å². The van der Waals surface area contributed by atoms with Crippen LogP contribution in [0.15, 0.2) is 21.7 Å². The van der Waals surface area contributed by atoms with E-state index >= 15 is 4.39 Å². The van der Waals surface area contributed by atoms with Crippen molar-refractivity contribution in [3.63, 3.8) is 0 Å². The predicted octanol–water partition coefficient (Wildman–Crippen LogP) is 1.46. The molecule has 2 fully saturated rings. The van der Waals surface area contributed by atoms with Crippen molar-refractivity contribution in [2.45, 2.75) is 25.0 Å². The fraction of sp³-hybridized carbons (Fsp3) is 0.455. The number of morpholine rings is 1. The molecule has 2 aliphatic rings. The number of benzene rings is 1. The summed E-state index contributed by atoms with van der Waals surface area (Å²) in [5, 5.41) is 13.5. The van der Waals surface area contributed by atoms with Crippen LogP contribution in [-0.4, -0.2) is 61.2 Å². The molecule has 1 unspecified atom stereocenters. The highest BCUT2D eigenvalue weighted by molar-refractivity contribution is 6.00. The number of methoxy groups -OCH3 is 1. The first-order valence-corrected chi connectivity index (χ1v) is 10.7. The maximum absolute atomic E-state index is 15.5. The van der Waals surface area contributed by atoms with Gasteiger partial charge in [0.15, 0.2) is 11.6 Å². The van der Waals surface area contributed by atoms with Gasteiger partial charge in [-0.15, -0.1) is 0 Å². The molecular weight excluding hydrogens is 419 g/mol. The van der Waals surface area contributed by atoms with Crippen molar-refractivity contribution in [2.24, 2.45) is 0 Å². The largest absolute Gasteiger partial charge is 0.494 e. The van der Waals surface area contributed by atoms with Gasteiger partial charge in [-0.1, -0.05) is 0 Å². The van der Waals surface area contributed by atoms with Crippen LogP contribution in [0.2, 0.25) is 0 Å². The summed E-state index contributed by atoms with van der Waals surface area (Å²) >= 11 is 0. The smallest absolute Gasteiger partial charge is 0.252 e. The molecule has 32 heavy (non-hydrogen) atoms. The molecule has 9 nitrogen and oxygen atoms in total. The zero-order valence-corrected chi connectivity index (χ0v) is 17.9. The molecule has 3 heterocycles. The number of fused-ring (bicyclic) bond motifs is 2. The Balaban J connectivity index is 1.85. The number of ether oxygens (including phenoxy) is 2. The van der Waals surface area contributed by atoms with E-state index in [2.05, 4.69) is 10.3 Å². The number of aromatic nitrogens is 2. The summed E-state index contributed by atoms with van der Waals surface area (Å²) in [4.78, 5) is 29.6. The molecule has 1 aliphatic carbocycles. The van der Waals surface area contributed by atoms with Crippen LogP contribution in [0, 0.1) is 5.82 Å². The quantitative estimate of drug-likeness (QED) is 0.511. The van der Waals surface area contributed by atoms with Gasteiger partial charge >= 0.3 is 0 Å². The Bertz CT molecular complexity index is 1330. The molecule has 0 amide bonds. The number of halogens is 1. The van der Waals surface area contributed by atoms with Crippen LogP contribution < -0.4 is 25.9 Å². The molecule has 0 spiro atoms. The molecule has 10 heteroatoms. The van der Waals surface area contributed by atoms with Crippen molar-refractivity contribution >= 4 is 27.5 Å². The maximum Gasteiger partial charge on any atom is 0.252 e. The van der Waals surface area contributed by atoms with Gasteiger partial charge in [0.2, 0.25) is 11.3 Å². The molecule has 0 radical (unpaired) electrons. The van der Waals surface area contributed by atoms with Gasteiger partial charge in [-0.3, -0.25) is 14.6 Å². The standard InChI is InChI=1S/C22H25FN4O5/c1-24-9-12-10-26(5-6-32-12)19-14(23)7-13-18(21(19)31-2)27(11-3-4-11)15-8-16(28)25-22(30)17(15)20(13)29/h7-8,11-12,24H,3-6,9-10H2,1-2H3,(H2,25,28,30). The normalized spacial score (nSPS) is 19.1. The fourth-order valence-corrected chi connectivity index (χ4v) is 4.69. The Morgan fingerprint density at radius 3 is 2.81 bits per heavy atom. The van der Waals surface area contributed by atoms with E-state index in [0.29, 0.717) is 37.3 Å². The summed E-state index contributed by atoms with van der Waals surface area (Å²) in [7, 11) is 3.28. The van der Waals surface area contributed by atoms with Gasteiger partial charge in [-0.05, 0) is 26.0 Å². The van der Waals surface area contributed by atoms with E-state index in [1.54, 1.807) is 0 Å². The number of pyridine rings is 2. The maximum atomic E-state index is 15.5. The summed E-state index contributed by atoms with van der Waals surface area (Å²) in [6.45, 7) is 1.99. The van der Waals surface area contributed by atoms with Crippen molar-refractivity contribution < 1.29 is 19.0 Å². The molecule has 1 atom stereocenters. The zero-order chi connectivity index (χ0) is 22.6. The molecule has 170 valence electrons. The number of H-pyrrole nitrogens is 1. The topological polar surface area (TPSA) is 109 Å². The lowest BCUT2D eigenvalue weighted by Crippen LogP contribution is -2.46. The van der Waals surface area contributed by atoms with E-state index in [-0.39, 0.29) is 34.4 Å². The Kier molecular flexibility index (Phi) is 5.06. The summed E-state index contributed by atoms with van der Waals surface area (Å²) in [5.41, 5.74) is -0.0544. The van der Waals surface area contributed by atoms with Gasteiger partial charge in [-0.25, -0.2) is 4.39 Å². The van der Waals surface area contributed by atoms with Gasteiger partial charge in [0.05, 0.1) is 36.2 Å². The number of nitrogens with one attached hydrogen (secondary N) is 2. The van der Waals surface area contributed by atoms with Crippen molar-refractivity contribution in [1.29, 1.82) is 0 Å². The summed E-state index contributed by atoms with van der Waals surface area (Å²) in [6.07, 6.45) is 1.57. The lowest BCUT2D eigenvalue weighted by Gasteiger charge is -2.35. The number of aromatic hydroxyl groups is 1. The lowest BCUT2D eigenvalue weighted by atomic mass is 10.1. The number of nitrogens with zero attached hydrogens (tertiary/aromatic N) is 2. The van der Waals surface area contributed by atoms with Crippen molar-refractivity contribution in [1.82, 2.24) is 14.9 Å². The Morgan fingerprint density at radius 1 is 1.34 bits per heavy atom. The molecule has 0 bridgehead atoms. The van der Waals surface area contributed by atoms with Crippen LogP contribution in [-0.2, 0) is 4.74 Å². The molecule has 2 aromatic heterocycles. The molecule has 1 saturated heterocycles. The number of likely N-dealkylation sites (N-methyl/N-ethyl adjacent to an activating group) is 1. The second kappa shape index (κ2) is 7.79. The molecule has 3 N–H and O–H groups in total. The molecule has 1 aliphatic heterocycles. The van der Waals surface area contributed by atoms with Crippen LogP contribution >= 0.6 is 0 Å². The van der Waals surface area contributed by atoms with Crippen LogP contribution in [0.25, 0.3) is 21.8 Å². The van der Waals surface area contributed by atoms with Gasteiger partial charge in [0, 0.05) is 31.7 Å². The van der Waals surface area contributed by atoms with E-state index in [1.807, 2.05) is 16.5 Å². The summed E-state index contributed by atoms with van der Waals surface area (Å²) in [6, 6.07) is 2.53. The number of anilines is 1. The minimum absolute atomic E-state index is 0.0238. The average molecular weight is 444 g/mol. The third kappa shape index (κ3) is 3.21. The molecule has 1 aromatic carbocycles. The molecule has 3 aromatic rings. The van der Waals surface area contributed by atoms with E-state index < -0.39 is 22.7 Å². The van der Waals surface area contributed by atoms with Gasteiger partial charge in [-0.2, -0.15) is 0 Å². The third-order valence-corrected chi connectivity index (χ3v) is 6.16. The summed E-state index contributed by atoms with van der Waals surface area (Å²) < 4.78 is 28.8. The fourth-order valence-electron chi connectivity index (χ4n) is 4.69. The van der Waals surface area contributed by atoms with Crippen LogP contribution in [0.4, 0.5) is 10.1 Å². The second-order valence-electron chi connectivity index (χ2n) is 8.31. The third-order valence-electron chi connectivity index (χ3n) is 6.16. The molecule has 5 rings (SSSR count). The zero-order valence-electron chi connectivity index (χ0n) is 17.9. The Labute approximate surface area is 182 Å².